The summed E-state index contributed by atoms with van der Waals surface area (Å²) in [7, 11) is 1.78. The molecule has 1 saturated carbocycles. The Hall–Kier alpha value is -0.380. The largest absolute Gasteiger partial charge is 0.376 e. The molecular formula is C11H17NOS. The third-order valence-corrected chi connectivity index (χ3v) is 4.46. The van der Waals surface area contributed by atoms with Crippen molar-refractivity contribution in [3.63, 3.8) is 0 Å². The molecule has 0 amide bonds. The number of thiophene rings is 1. The summed E-state index contributed by atoms with van der Waals surface area (Å²) >= 11 is 1.74. The van der Waals surface area contributed by atoms with Crippen molar-refractivity contribution >= 4 is 11.3 Å². The zero-order chi connectivity index (χ0) is 10.2. The number of nitrogens with two attached hydrogens (primary N) is 1. The highest BCUT2D eigenvalue weighted by Gasteiger charge is 2.44. The van der Waals surface area contributed by atoms with E-state index in [1.54, 1.807) is 18.4 Å². The smallest absolute Gasteiger partial charge is 0.0878 e. The Morgan fingerprint density at radius 2 is 2.29 bits per heavy atom. The van der Waals surface area contributed by atoms with Crippen molar-refractivity contribution in [3.05, 3.63) is 21.9 Å². The molecular weight excluding hydrogens is 194 g/mol. The van der Waals surface area contributed by atoms with Gasteiger partial charge >= 0.3 is 0 Å². The lowest BCUT2D eigenvalue weighted by Gasteiger charge is -2.44. The lowest BCUT2D eigenvalue weighted by molar-refractivity contribution is -0.0905. The van der Waals surface area contributed by atoms with Crippen LogP contribution >= 0.6 is 11.3 Å². The first-order valence-corrected chi connectivity index (χ1v) is 5.92. The molecule has 2 nitrogen and oxygen atoms in total. The average molecular weight is 211 g/mol. The highest BCUT2D eigenvalue weighted by atomic mass is 32.1. The van der Waals surface area contributed by atoms with Crippen LogP contribution in [0.1, 0.15) is 35.7 Å². The quantitative estimate of drug-likeness (QED) is 0.834. The standard InChI is InChI=1S/C11H17NOS/c1-8-4-7-14-9(8)10(12)11(13-2)5-3-6-11/h4,7,10H,3,5-6,12H2,1-2H3. The lowest BCUT2D eigenvalue weighted by atomic mass is 9.74. The summed E-state index contributed by atoms with van der Waals surface area (Å²) < 4.78 is 5.60. The van der Waals surface area contributed by atoms with Gasteiger partial charge in [0, 0.05) is 12.0 Å². The van der Waals surface area contributed by atoms with Crippen LogP contribution in [0, 0.1) is 6.92 Å². The van der Waals surface area contributed by atoms with Gasteiger partial charge in [-0.3, -0.25) is 0 Å². The van der Waals surface area contributed by atoms with Gasteiger partial charge in [-0.1, -0.05) is 0 Å². The first-order chi connectivity index (χ1) is 6.69. The van der Waals surface area contributed by atoms with E-state index in [1.807, 2.05) is 0 Å². The van der Waals surface area contributed by atoms with Gasteiger partial charge < -0.3 is 10.5 Å². The molecule has 78 valence electrons. The molecule has 1 atom stereocenters. The molecule has 1 aliphatic carbocycles. The molecule has 0 saturated heterocycles. The monoisotopic (exact) mass is 211 g/mol. The van der Waals surface area contributed by atoms with Gasteiger partial charge in [-0.2, -0.15) is 0 Å². The fourth-order valence-electron chi connectivity index (χ4n) is 2.11. The number of methoxy groups -OCH3 is 1. The van der Waals surface area contributed by atoms with Crippen LogP contribution in [0.15, 0.2) is 11.4 Å². The summed E-state index contributed by atoms with van der Waals surface area (Å²) in [5.41, 5.74) is 7.50. The molecule has 1 aliphatic rings. The molecule has 0 bridgehead atoms. The van der Waals surface area contributed by atoms with Crippen LogP contribution < -0.4 is 5.73 Å². The molecule has 2 N–H and O–H groups in total. The van der Waals surface area contributed by atoms with E-state index in [0.717, 1.165) is 12.8 Å². The normalized spacial score (nSPS) is 21.6. The predicted octanol–water partition coefficient (Wildman–Crippen LogP) is 2.63. The lowest BCUT2D eigenvalue weighted by Crippen LogP contribution is -2.48. The summed E-state index contributed by atoms with van der Waals surface area (Å²) in [6.45, 7) is 2.12. The van der Waals surface area contributed by atoms with Gasteiger partial charge in [0.15, 0.2) is 0 Å². The van der Waals surface area contributed by atoms with E-state index in [2.05, 4.69) is 18.4 Å². The van der Waals surface area contributed by atoms with Gasteiger partial charge in [-0.05, 0) is 43.2 Å². The maximum Gasteiger partial charge on any atom is 0.0878 e. The molecule has 1 aromatic rings. The van der Waals surface area contributed by atoms with Crippen molar-refractivity contribution < 1.29 is 4.74 Å². The van der Waals surface area contributed by atoms with Crippen molar-refractivity contribution in [2.24, 2.45) is 5.73 Å². The second kappa shape index (κ2) is 3.65. The molecule has 0 radical (unpaired) electrons. The molecule has 0 spiro atoms. The van der Waals surface area contributed by atoms with Gasteiger partial charge in [0.2, 0.25) is 0 Å². The van der Waals surface area contributed by atoms with E-state index in [4.69, 9.17) is 10.5 Å². The van der Waals surface area contributed by atoms with Gasteiger partial charge in [0.1, 0.15) is 0 Å². The number of hydrogen-bond donors (Lipinski definition) is 1. The second-order valence-corrected chi connectivity index (χ2v) is 5.02. The SMILES string of the molecule is COC1(C(N)c2sccc2C)CCC1. The minimum Gasteiger partial charge on any atom is -0.376 e. The second-order valence-electron chi connectivity index (χ2n) is 4.07. The Morgan fingerprint density at radius 1 is 1.57 bits per heavy atom. The van der Waals surface area contributed by atoms with Crippen LogP contribution in [-0.2, 0) is 4.74 Å². The summed E-state index contributed by atoms with van der Waals surface area (Å²) in [5.74, 6) is 0. The van der Waals surface area contributed by atoms with Crippen molar-refractivity contribution in [2.45, 2.75) is 37.8 Å². The van der Waals surface area contributed by atoms with Crippen LogP contribution in [0.5, 0.6) is 0 Å². The first-order valence-electron chi connectivity index (χ1n) is 5.04. The molecule has 0 aromatic carbocycles. The van der Waals surface area contributed by atoms with E-state index >= 15 is 0 Å². The van der Waals surface area contributed by atoms with Gasteiger partial charge in [-0.15, -0.1) is 11.3 Å². The van der Waals surface area contributed by atoms with Crippen LogP contribution in [0.2, 0.25) is 0 Å². The number of rotatable bonds is 3. The Bertz CT molecular complexity index is 311. The molecule has 1 unspecified atom stereocenters. The van der Waals surface area contributed by atoms with Crippen molar-refractivity contribution in [3.8, 4) is 0 Å². The topological polar surface area (TPSA) is 35.2 Å². The average Bonchev–Trinajstić information content (AvgIpc) is 2.50. The van der Waals surface area contributed by atoms with Gasteiger partial charge in [0.05, 0.1) is 11.6 Å². The Morgan fingerprint density at radius 3 is 2.64 bits per heavy atom. The molecule has 14 heavy (non-hydrogen) atoms. The highest BCUT2D eigenvalue weighted by molar-refractivity contribution is 7.10. The van der Waals surface area contributed by atoms with Gasteiger partial charge in [0.25, 0.3) is 0 Å². The molecule has 3 heteroatoms. The highest BCUT2D eigenvalue weighted by Crippen LogP contribution is 2.45. The summed E-state index contributed by atoms with van der Waals surface area (Å²) in [5, 5.41) is 2.10. The molecule has 1 aromatic heterocycles. The fourth-order valence-corrected chi connectivity index (χ4v) is 3.14. The maximum atomic E-state index is 6.28. The summed E-state index contributed by atoms with van der Waals surface area (Å²) in [6.07, 6.45) is 3.44. The van der Waals surface area contributed by atoms with Gasteiger partial charge in [-0.25, -0.2) is 0 Å². The Kier molecular flexibility index (Phi) is 2.64. The third-order valence-electron chi connectivity index (χ3n) is 3.36. The van der Waals surface area contributed by atoms with Crippen molar-refractivity contribution in [2.75, 3.05) is 7.11 Å². The van der Waals surface area contributed by atoms with Crippen molar-refractivity contribution in [1.82, 2.24) is 0 Å². The first kappa shape index (κ1) is 10.1. The molecule has 2 rings (SSSR count). The molecule has 1 fully saturated rings. The number of hydrogen-bond acceptors (Lipinski definition) is 3. The Balaban J connectivity index is 2.22. The van der Waals surface area contributed by atoms with E-state index in [1.165, 1.54) is 16.9 Å². The maximum absolute atomic E-state index is 6.28. The minimum atomic E-state index is -0.0738. The van der Waals surface area contributed by atoms with Crippen LogP contribution in [0.4, 0.5) is 0 Å². The predicted molar refractivity (Wildman–Crippen MR) is 59.6 cm³/mol. The van der Waals surface area contributed by atoms with E-state index in [9.17, 15) is 0 Å². The zero-order valence-electron chi connectivity index (χ0n) is 8.75. The van der Waals surface area contributed by atoms with E-state index in [-0.39, 0.29) is 11.6 Å². The fraction of sp³-hybridized carbons (Fsp3) is 0.636. The van der Waals surface area contributed by atoms with Crippen LogP contribution in [0.3, 0.4) is 0 Å². The molecule has 1 heterocycles. The Labute approximate surface area is 89.1 Å². The van der Waals surface area contributed by atoms with E-state index < -0.39 is 0 Å². The number of aryl methyl sites for hydroxylation is 1. The third kappa shape index (κ3) is 1.40. The van der Waals surface area contributed by atoms with Crippen molar-refractivity contribution in [1.29, 1.82) is 0 Å². The van der Waals surface area contributed by atoms with Crippen LogP contribution in [0.25, 0.3) is 0 Å². The number of ether oxygens (including phenoxy) is 1. The summed E-state index contributed by atoms with van der Waals surface area (Å²) in [4.78, 5) is 1.28. The van der Waals surface area contributed by atoms with Crippen LogP contribution in [-0.4, -0.2) is 12.7 Å². The molecule has 0 aliphatic heterocycles. The van der Waals surface area contributed by atoms with E-state index in [0.29, 0.717) is 0 Å². The zero-order valence-corrected chi connectivity index (χ0v) is 9.56. The minimum absolute atomic E-state index is 0.0567. The summed E-state index contributed by atoms with van der Waals surface area (Å²) in [6, 6.07) is 2.18.